The predicted molar refractivity (Wildman–Crippen MR) is 128 cm³/mol. The average Bonchev–Trinajstić information content (AvgIpc) is 2.83. The van der Waals surface area contributed by atoms with Crippen molar-refractivity contribution in [3.63, 3.8) is 0 Å². The van der Waals surface area contributed by atoms with Gasteiger partial charge in [0.1, 0.15) is 11.9 Å². The van der Waals surface area contributed by atoms with Gasteiger partial charge in [0.15, 0.2) is 0 Å². The van der Waals surface area contributed by atoms with E-state index in [-0.39, 0.29) is 23.9 Å². The lowest BCUT2D eigenvalue weighted by molar-refractivity contribution is -0.135. The smallest absolute Gasteiger partial charge is 0.254 e. The van der Waals surface area contributed by atoms with Gasteiger partial charge in [0.25, 0.3) is 5.91 Å². The molecule has 0 radical (unpaired) electrons. The number of carbonyl (C=O) groups excluding carboxylic acids is 3. The topological polar surface area (TPSA) is 91.0 Å². The molecule has 0 aliphatic carbocycles. The van der Waals surface area contributed by atoms with E-state index in [4.69, 9.17) is 4.74 Å². The molecule has 1 fully saturated rings. The highest BCUT2D eigenvalue weighted by atomic mass is 19.1. The number of ether oxygens (including phenoxy) is 1. The first-order valence-corrected chi connectivity index (χ1v) is 11.3. The number of nitrogens with zero attached hydrogens (tertiary/aromatic N) is 2. The van der Waals surface area contributed by atoms with Gasteiger partial charge in [-0.15, -0.1) is 0 Å². The molecule has 1 atom stereocenters. The van der Waals surface area contributed by atoms with Crippen molar-refractivity contribution in [2.75, 3.05) is 50.1 Å². The minimum Gasteiger partial charge on any atom is -0.378 e. The summed E-state index contributed by atoms with van der Waals surface area (Å²) in [5, 5.41) is 5.39. The van der Waals surface area contributed by atoms with Crippen molar-refractivity contribution in [2.24, 2.45) is 5.92 Å². The van der Waals surface area contributed by atoms with Crippen molar-refractivity contribution in [2.45, 2.75) is 19.9 Å². The van der Waals surface area contributed by atoms with Crippen molar-refractivity contribution in [3.05, 3.63) is 59.9 Å². The third-order valence-corrected chi connectivity index (χ3v) is 5.62. The zero-order valence-electron chi connectivity index (χ0n) is 19.7. The summed E-state index contributed by atoms with van der Waals surface area (Å²) in [7, 11) is 1.49. The summed E-state index contributed by atoms with van der Waals surface area (Å²) in [6.45, 7) is 6.38. The lowest BCUT2D eigenvalue weighted by atomic mass is 10.0. The van der Waals surface area contributed by atoms with Crippen LogP contribution in [0.25, 0.3) is 0 Å². The van der Waals surface area contributed by atoms with Crippen LogP contribution in [0.5, 0.6) is 0 Å². The maximum absolute atomic E-state index is 13.9. The van der Waals surface area contributed by atoms with Crippen LogP contribution in [0.3, 0.4) is 0 Å². The largest absolute Gasteiger partial charge is 0.378 e. The molecule has 3 amide bonds. The summed E-state index contributed by atoms with van der Waals surface area (Å²) in [4.78, 5) is 41.5. The Balaban J connectivity index is 1.56. The fourth-order valence-electron chi connectivity index (χ4n) is 3.69. The quantitative estimate of drug-likeness (QED) is 0.619. The normalized spacial score (nSPS) is 14.4. The first kappa shape index (κ1) is 25.2. The van der Waals surface area contributed by atoms with Crippen molar-refractivity contribution in [1.29, 1.82) is 0 Å². The van der Waals surface area contributed by atoms with Crippen LogP contribution in [0.2, 0.25) is 0 Å². The van der Waals surface area contributed by atoms with Gasteiger partial charge in [0, 0.05) is 31.5 Å². The fourth-order valence-corrected chi connectivity index (χ4v) is 3.69. The summed E-state index contributed by atoms with van der Waals surface area (Å²) >= 11 is 0. The summed E-state index contributed by atoms with van der Waals surface area (Å²) in [6, 6.07) is 12.2. The monoisotopic (exact) mass is 470 g/mol. The number of carbonyl (C=O) groups is 3. The van der Waals surface area contributed by atoms with Crippen molar-refractivity contribution < 1.29 is 23.5 Å². The van der Waals surface area contributed by atoms with Gasteiger partial charge in [-0.3, -0.25) is 14.4 Å². The molecule has 0 aromatic heterocycles. The molecule has 0 saturated carbocycles. The van der Waals surface area contributed by atoms with E-state index in [9.17, 15) is 18.8 Å². The average molecular weight is 471 g/mol. The lowest BCUT2D eigenvalue weighted by Gasteiger charge is -2.29. The van der Waals surface area contributed by atoms with E-state index in [1.54, 1.807) is 19.9 Å². The lowest BCUT2D eigenvalue weighted by Crippen LogP contribution is -2.51. The molecule has 8 nitrogen and oxygen atoms in total. The standard InChI is InChI=1S/C25H31FN4O4/c1-17(2)23(28-24(32)20-6-4-5-7-21(20)26)25(33)29(3)16-22(31)27-18-8-10-19(11-9-18)30-12-14-34-15-13-30/h4-11,17,23H,12-16H2,1-3H3,(H,27,31)(H,28,32). The van der Waals surface area contributed by atoms with Crippen LogP contribution in [-0.2, 0) is 14.3 Å². The van der Waals surface area contributed by atoms with Crippen LogP contribution in [-0.4, -0.2) is 68.6 Å². The van der Waals surface area contributed by atoms with E-state index in [0.717, 1.165) is 18.8 Å². The number of benzene rings is 2. The molecule has 3 rings (SSSR count). The molecule has 1 aliphatic rings. The Morgan fingerprint density at radius 1 is 1.06 bits per heavy atom. The highest BCUT2D eigenvalue weighted by Gasteiger charge is 2.29. The molecule has 1 heterocycles. The minimum absolute atomic E-state index is 0.137. The number of hydrogen-bond acceptors (Lipinski definition) is 5. The number of halogens is 1. The van der Waals surface area contributed by atoms with Crippen LogP contribution >= 0.6 is 0 Å². The Labute approximate surface area is 199 Å². The molecule has 2 N–H and O–H groups in total. The summed E-state index contributed by atoms with van der Waals surface area (Å²) in [5.41, 5.74) is 1.54. The minimum atomic E-state index is -0.905. The number of rotatable bonds is 8. The molecular weight excluding hydrogens is 439 g/mol. The van der Waals surface area contributed by atoms with Crippen molar-refractivity contribution >= 4 is 29.1 Å². The predicted octanol–water partition coefficient (Wildman–Crippen LogP) is 2.51. The molecule has 2 aromatic carbocycles. The molecule has 9 heteroatoms. The van der Waals surface area contributed by atoms with Gasteiger partial charge in [-0.25, -0.2) is 4.39 Å². The third kappa shape index (κ3) is 6.54. The molecule has 1 saturated heterocycles. The second-order valence-corrected chi connectivity index (χ2v) is 8.56. The summed E-state index contributed by atoms with van der Waals surface area (Å²) in [6.07, 6.45) is 0. The van der Waals surface area contributed by atoms with E-state index >= 15 is 0 Å². The Hall–Kier alpha value is -3.46. The van der Waals surface area contributed by atoms with Gasteiger partial charge >= 0.3 is 0 Å². The Morgan fingerprint density at radius 2 is 1.71 bits per heavy atom. The SMILES string of the molecule is CC(C)C(NC(=O)c1ccccc1F)C(=O)N(C)CC(=O)Nc1ccc(N2CCOCC2)cc1. The molecule has 182 valence electrons. The van der Waals surface area contributed by atoms with Gasteiger partial charge in [0.05, 0.1) is 25.3 Å². The molecular formula is C25H31FN4O4. The maximum atomic E-state index is 13.9. The number of hydrogen-bond donors (Lipinski definition) is 2. The van der Waals surface area contributed by atoms with E-state index in [2.05, 4.69) is 15.5 Å². The maximum Gasteiger partial charge on any atom is 0.254 e. The van der Waals surface area contributed by atoms with Crippen LogP contribution in [0.15, 0.2) is 48.5 Å². The molecule has 2 aromatic rings. The number of nitrogens with one attached hydrogen (secondary N) is 2. The number of likely N-dealkylation sites (N-methyl/N-ethyl adjacent to an activating group) is 1. The first-order valence-electron chi connectivity index (χ1n) is 11.3. The molecule has 0 bridgehead atoms. The zero-order chi connectivity index (χ0) is 24.7. The summed E-state index contributed by atoms with van der Waals surface area (Å²) in [5.74, 6) is -2.40. The van der Waals surface area contributed by atoms with Crippen LogP contribution in [0.4, 0.5) is 15.8 Å². The number of morpholine rings is 1. The highest BCUT2D eigenvalue weighted by Crippen LogP contribution is 2.19. The van der Waals surface area contributed by atoms with E-state index in [0.29, 0.717) is 18.9 Å². The molecule has 0 spiro atoms. The Kier molecular flexibility index (Phi) is 8.59. The first-order chi connectivity index (χ1) is 16.3. The van der Waals surface area contributed by atoms with Crippen molar-refractivity contribution in [1.82, 2.24) is 10.2 Å². The van der Waals surface area contributed by atoms with Gasteiger partial charge in [-0.05, 0) is 42.3 Å². The van der Waals surface area contributed by atoms with E-state index < -0.39 is 23.7 Å². The number of amides is 3. The van der Waals surface area contributed by atoms with Crippen LogP contribution < -0.4 is 15.5 Å². The molecule has 34 heavy (non-hydrogen) atoms. The summed E-state index contributed by atoms with van der Waals surface area (Å²) < 4.78 is 19.3. The Morgan fingerprint density at radius 3 is 2.32 bits per heavy atom. The third-order valence-electron chi connectivity index (χ3n) is 5.62. The second kappa shape index (κ2) is 11.6. The molecule has 1 unspecified atom stereocenters. The zero-order valence-corrected chi connectivity index (χ0v) is 19.7. The second-order valence-electron chi connectivity index (χ2n) is 8.56. The van der Waals surface area contributed by atoms with E-state index in [1.165, 1.54) is 30.1 Å². The highest BCUT2D eigenvalue weighted by molar-refractivity contribution is 5.99. The van der Waals surface area contributed by atoms with Gasteiger partial charge in [0.2, 0.25) is 11.8 Å². The Bertz CT molecular complexity index is 1010. The fraction of sp³-hybridized carbons (Fsp3) is 0.400. The van der Waals surface area contributed by atoms with Gasteiger partial charge in [-0.1, -0.05) is 26.0 Å². The van der Waals surface area contributed by atoms with Gasteiger partial charge in [-0.2, -0.15) is 0 Å². The number of anilines is 2. The molecule has 1 aliphatic heterocycles. The van der Waals surface area contributed by atoms with Crippen molar-refractivity contribution in [3.8, 4) is 0 Å². The van der Waals surface area contributed by atoms with E-state index in [1.807, 2.05) is 24.3 Å². The van der Waals surface area contributed by atoms with Crippen LogP contribution in [0.1, 0.15) is 24.2 Å². The van der Waals surface area contributed by atoms with Crippen LogP contribution in [0, 0.1) is 11.7 Å². The van der Waals surface area contributed by atoms with Gasteiger partial charge < -0.3 is 25.2 Å².